The second-order valence-corrected chi connectivity index (χ2v) is 4.01. The topological polar surface area (TPSA) is 89.3 Å². The highest BCUT2D eigenvalue weighted by Crippen LogP contribution is 2.15. The number of carbonyl (C=O) groups excluding carboxylic acids is 1. The van der Waals surface area contributed by atoms with Crippen LogP contribution in [0.1, 0.15) is 12.0 Å². The Morgan fingerprint density at radius 2 is 2.28 bits per heavy atom. The Bertz CT molecular complexity index is 396. The summed E-state index contributed by atoms with van der Waals surface area (Å²) >= 11 is 0. The highest BCUT2D eigenvalue weighted by molar-refractivity contribution is 5.77. The van der Waals surface area contributed by atoms with E-state index in [4.69, 9.17) is 10.5 Å². The number of nitrogen functional groups attached to an aromatic ring is 1. The molecule has 6 heteroatoms. The van der Waals surface area contributed by atoms with Crippen molar-refractivity contribution < 1.29 is 9.53 Å². The molecule has 0 aliphatic heterocycles. The minimum Gasteiger partial charge on any atom is -0.396 e. The van der Waals surface area contributed by atoms with Crippen LogP contribution in [-0.4, -0.2) is 37.7 Å². The predicted octanol–water partition coefficient (Wildman–Crippen LogP) is 0.537. The molecule has 0 aliphatic carbocycles. The summed E-state index contributed by atoms with van der Waals surface area (Å²) in [5.41, 5.74) is 7.48. The van der Waals surface area contributed by atoms with Crippen LogP contribution in [0.5, 0.6) is 0 Å². The third-order valence-electron chi connectivity index (χ3n) is 2.30. The van der Waals surface area contributed by atoms with Crippen molar-refractivity contribution in [1.82, 2.24) is 10.3 Å². The number of rotatable bonds is 7. The molecule has 0 radical (unpaired) electrons. The Morgan fingerprint density at radius 3 is 2.94 bits per heavy atom. The summed E-state index contributed by atoms with van der Waals surface area (Å²) in [6, 6.07) is 1.87. The first-order chi connectivity index (χ1) is 8.63. The van der Waals surface area contributed by atoms with Gasteiger partial charge in [-0.2, -0.15) is 0 Å². The number of aromatic nitrogens is 1. The number of methoxy groups -OCH3 is 1. The van der Waals surface area contributed by atoms with Crippen LogP contribution in [0.3, 0.4) is 0 Å². The van der Waals surface area contributed by atoms with E-state index in [1.54, 1.807) is 6.20 Å². The number of nitrogens with zero attached hydrogens (tertiary/aromatic N) is 1. The molecule has 1 heterocycles. The van der Waals surface area contributed by atoms with Gasteiger partial charge in [0.15, 0.2) is 0 Å². The number of nitrogens with one attached hydrogen (secondary N) is 2. The molecule has 4 N–H and O–H groups in total. The van der Waals surface area contributed by atoms with Crippen molar-refractivity contribution in [3.63, 3.8) is 0 Å². The van der Waals surface area contributed by atoms with Crippen LogP contribution in [0.2, 0.25) is 0 Å². The third-order valence-corrected chi connectivity index (χ3v) is 2.30. The van der Waals surface area contributed by atoms with Crippen molar-refractivity contribution in [3.8, 4) is 0 Å². The standard InChI is InChI=1S/C12H20N4O2/c1-9-6-10(13)12(16-7-9)15-5-3-4-14-11(17)8-18-2/h6-7H,3-5,8,13H2,1-2H3,(H,14,17)(H,15,16). The Kier molecular flexibility index (Phi) is 5.93. The van der Waals surface area contributed by atoms with Crippen molar-refractivity contribution in [2.45, 2.75) is 13.3 Å². The molecule has 0 bridgehead atoms. The summed E-state index contributed by atoms with van der Waals surface area (Å²) < 4.78 is 4.70. The molecule has 6 nitrogen and oxygen atoms in total. The van der Waals surface area contributed by atoms with Gasteiger partial charge >= 0.3 is 0 Å². The summed E-state index contributed by atoms with van der Waals surface area (Å²) in [7, 11) is 1.49. The third kappa shape index (κ3) is 5.01. The fraction of sp³-hybridized carbons (Fsp3) is 0.500. The Morgan fingerprint density at radius 1 is 1.50 bits per heavy atom. The fourth-order valence-electron chi connectivity index (χ4n) is 1.44. The number of hydrogen-bond donors (Lipinski definition) is 3. The fourth-order valence-corrected chi connectivity index (χ4v) is 1.44. The SMILES string of the molecule is COCC(=O)NCCCNc1ncc(C)cc1N. The molecular weight excluding hydrogens is 232 g/mol. The average Bonchev–Trinajstić information content (AvgIpc) is 2.31. The molecule has 100 valence electrons. The largest absolute Gasteiger partial charge is 0.396 e. The first-order valence-electron chi connectivity index (χ1n) is 5.85. The summed E-state index contributed by atoms with van der Waals surface area (Å²) in [6.45, 7) is 3.34. The number of ether oxygens (including phenoxy) is 1. The van der Waals surface area contributed by atoms with Gasteiger partial charge in [-0.25, -0.2) is 4.98 Å². The minimum atomic E-state index is -0.106. The smallest absolute Gasteiger partial charge is 0.245 e. The van der Waals surface area contributed by atoms with Crippen LogP contribution in [0, 0.1) is 6.92 Å². The van der Waals surface area contributed by atoms with Gasteiger partial charge in [0.25, 0.3) is 0 Å². The lowest BCUT2D eigenvalue weighted by molar-refractivity contribution is -0.124. The number of amides is 1. The van der Waals surface area contributed by atoms with Gasteiger partial charge in [0.05, 0.1) is 5.69 Å². The number of hydrogen-bond acceptors (Lipinski definition) is 5. The van der Waals surface area contributed by atoms with E-state index in [-0.39, 0.29) is 12.5 Å². The van der Waals surface area contributed by atoms with Crippen molar-refractivity contribution in [2.75, 3.05) is 37.9 Å². The van der Waals surface area contributed by atoms with Crippen LogP contribution in [0.25, 0.3) is 0 Å². The van der Waals surface area contributed by atoms with Crippen molar-refractivity contribution >= 4 is 17.4 Å². The zero-order valence-electron chi connectivity index (χ0n) is 10.8. The number of carbonyl (C=O) groups is 1. The van der Waals surface area contributed by atoms with Gasteiger partial charge in [0, 0.05) is 26.4 Å². The first-order valence-corrected chi connectivity index (χ1v) is 5.85. The maximum atomic E-state index is 11.1. The molecule has 0 fully saturated rings. The van der Waals surface area contributed by atoms with Gasteiger partial charge in [0.2, 0.25) is 5.91 Å². The van der Waals surface area contributed by atoms with Gasteiger partial charge < -0.3 is 21.1 Å². The first kappa shape index (κ1) is 14.2. The van der Waals surface area contributed by atoms with Crippen molar-refractivity contribution in [3.05, 3.63) is 17.8 Å². The molecule has 18 heavy (non-hydrogen) atoms. The molecule has 0 aromatic carbocycles. The number of aryl methyl sites for hydroxylation is 1. The van der Waals surface area contributed by atoms with Crippen molar-refractivity contribution in [1.29, 1.82) is 0 Å². The maximum absolute atomic E-state index is 11.1. The summed E-state index contributed by atoms with van der Waals surface area (Å²) in [6.07, 6.45) is 2.56. The number of anilines is 2. The molecule has 1 amide bonds. The maximum Gasteiger partial charge on any atom is 0.245 e. The Hall–Kier alpha value is -1.82. The highest BCUT2D eigenvalue weighted by atomic mass is 16.5. The van der Waals surface area contributed by atoms with Crippen LogP contribution in [-0.2, 0) is 9.53 Å². The zero-order valence-corrected chi connectivity index (χ0v) is 10.8. The zero-order chi connectivity index (χ0) is 13.4. The van der Waals surface area contributed by atoms with E-state index in [2.05, 4.69) is 15.6 Å². The van der Waals surface area contributed by atoms with E-state index >= 15 is 0 Å². The second-order valence-electron chi connectivity index (χ2n) is 4.01. The normalized spacial score (nSPS) is 10.1. The average molecular weight is 252 g/mol. The molecule has 0 unspecified atom stereocenters. The summed E-state index contributed by atoms with van der Waals surface area (Å²) in [5, 5.41) is 5.87. The molecule has 0 aliphatic rings. The van der Waals surface area contributed by atoms with Gasteiger partial charge in [-0.15, -0.1) is 0 Å². The minimum absolute atomic E-state index is 0.0971. The number of pyridine rings is 1. The molecule has 1 rings (SSSR count). The lowest BCUT2D eigenvalue weighted by Crippen LogP contribution is -2.29. The molecular formula is C12H20N4O2. The Balaban J connectivity index is 2.20. The summed E-state index contributed by atoms with van der Waals surface area (Å²) in [5.74, 6) is 0.578. The molecule has 1 aromatic heterocycles. The van der Waals surface area contributed by atoms with E-state index in [0.29, 0.717) is 24.6 Å². The second kappa shape index (κ2) is 7.50. The predicted molar refractivity (Wildman–Crippen MR) is 71.4 cm³/mol. The monoisotopic (exact) mass is 252 g/mol. The van der Waals surface area contributed by atoms with E-state index in [9.17, 15) is 4.79 Å². The lowest BCUT2D eigenvalue weighted by atomic mass is 10.3. The van der Waals surface area contributed by atoms with E-state index in [0.717, 1.165) is 12.0 Å². The molecule has 0 saturated carbocycles. The van der Waals surface area contributed by atoms with Crippen LogP contribution in [0.15, 0.2) is 12.3 Å². The van der Waals surface area contributed by atoms with Crippen LogP contribution in [0.4, 0.5) is 11.5 Å². The molecule has 0 spiro atoms. The molecule has 0 saturated heterocycles. The van der Waals surface area contributed by atoms with E-state index < -0.39 is 0 Å². The molecule has 1 aromatic rings. The van der Waals surface area contributed by atoms with Gasteiger partial charge in [0.1, 0.15) is 12.4 Å². The van der Waals surface area contributed by atoms with E-state index in [1.807, 2.05) is 13.0 Å². The highest BCUT2D eigenvalue weighted by Gasteiger charge is 2.01. The van der Waals surface area contributed by atoms with Gasteiger partial charge in [-0.3, -0.25) is 4.79 Å². The number of nitrogens with two attached hydrogens (primary N) is 1. The van der Waals surface area contributed by atoms with Crippen molar-refractivity contribution in [2.24, 2.45) is 0 Å². The van der Waals surface area contributed by atoms with Gasteiger partial charge in [-0.05, 0) is 25.0 Å². The lowest BCUT2D eigenvalue weighted by Gasteiger charge is -2.09. The Labute approximate surface area is 107 Å². The molecule has 0 atom stereocenters. The quantitative estimate of drug-likeness (QED) is 0.616. The van der Waals surface area contributed by atoms with Crippen LogP contribution >= 0.6 is 0 Å². The summed E-state index contributed by atoms with van der Waals surface area (Å²) in [4.78, 5) is 15.3. The van der Waals surface area contributed by atoms with Crippen LogP contribution < -0.4 is 16.4 Å². The van der Waals surface area contributed by atoms with Gasteiger partial charge in [-0.1, -0.05) is 0 Å². The van der Waals surface area contributed by atoms with E-state index in [1.165, 1.54) is 7.11 Å².